The Balaban J connectivity index is 1.68. The second-order valence-corrected chi connectivity index (χ2v) is 9.25. The lowest BCUT2D eigenvalue weighted by Gasteiger charge is -2.30. The summed E-state index contributed by atoms with van der Waals surface area (Å²) in [4.78, 5) is 29.9. The number of carbonyl (C=O) groups is 2. The molecule has 1 amide bonds. The number of carbonyl (C=O) groups excluding carboxylic acids is 1. The van der Waals surface area contributed by atoms with Gasteiger partial charge in [-0.05, 0) is 41.8 Å². The number of hydrogen-bond acceptors (Lipinski definition) is 7. The molecule has 2 aliphatic heterocycles. The second-order valence-electron chi connectivity index (χ2n) is 9.25. The number of rotatable bonds is 11. The van der Waals surface area contributed by atoms with E-state index in [-0.39, 0.29) is 25.2 Å². The van der Waals surface area contributed by atoms with Gasteiger partial charge in [0.2, 0.25) is 12.7 Å². The summed E-state index contributed by atoms with van der Waals surface area (Å²) in [5.74, 6) is -0.0920. The third kappa shape index (κ3) is 5.42. The molecule has 36 heavy (non-hydrogen) atoms. The van der Waals surface area contributed by atoms with Gasteiger partial charge in [0.05, 0.1) is 19.6 Å². The predicted molar refractivity (Wildman–Crippen MR) is 134 cm³/mol. The van der Waals surface area contributed by atoms with Gasteiger partial charge in [-0.1, -0.05) is 31.5 Å². The fourth-order valence-corrected chi connectivity index (χ4v) is 5.21. The maximum atomic E-state index is 13.4. The summed E-state index contributed by atoms with van der Waals surface area (Å²) in [6.45, 7) is 4.27. The highest BCUT2D eigenvalue weighted by Crippen LogP contribution is 2.47. The zero-order valence-corrected chi connectivity index (χ0v) is 20.9. The van der Waals surface area contributed by atoms with Crippen LogP contribution >= 0.6 is 0 Å². The molecule has 194 valence electrons. The van der Waals surface area contributed by atoms with Crippen LogP contribution in [0.3, 0.4) is 0 Å². The number of ether oxygens (including phenoxy) is 3. The van der Waals surface area contributed by atoms with E-state index in [1.165, 1.54) is 0 Å². The van der Waals surface area contributed by atoms with Crippen molar-refractivity contribution in [2.24, 2.45) is 11.7 Å². The molecule has 0 saturated carbocycles. The first-order valence-corrected chi connectivity index (χ1v) is 12.4. The zero-order valence-electron chi connectivity index (χ0n) is 20.9. The Morgan fingerprint density at radius 1 is 1.11 bits per heavy atom. The standard InChI is InChI=1S/C27H35N3O6/c1-3-4-12-29(13-11-28)24(31)16-30-15-21(19-7-10-22-23(14-19)36-17-35-22)25(27(32)33)26(30)18-5-8-20(34-2)9-6-18/h5-10,14,21,25-26H,3-4,11-13,15-17,28H2,1-2H3,(H,32,33). The first-order chi connectivity index (χ1) is 17.5. The zero-order chi connectivity index (χ0) is 25.7. The Morgan fingerprint density at radius 3 is 2.50 bits per heavy atom. The Hall–Kier alpha value is -3.30. The molecule has 9 heteroatoms. The highest BCUT2D eigenvalue weighted by Gasteiger charge is 2.48. The highest BCUT2D eigenvalue weighted by molar-refractivity contribution is 5.79. The molecule has 0 aromatic heterocycles. The number of carboxylic acids is 1. The van der Waals surface area contributed by atoms with Crippen LogP contribution in [0.5, 0.6) is 17.2 Å². The summed E-state index contributed by atoms with van der Waals surface area (Å²) in [6.07, 6.45) is 1.87. The van der Waals surface area contributed by atoms with Crippen LogP contribution in [0.2, 0.25) is 0 Å². The van der Waals surface area contributed by atoms with Crippen molar-refractivity contribution in [2.45, 2.75) is 31.7 Å². The molecule has 3 unspecified atom stereocenters. The van der Waals surface area contributed by atoms with Crippen molar-refractivity contribution >= 4 is 11.9 Å². The molecule has 1 saturated heterocycles. The van der Waals surface area contributed by atoms with Gasteiger partial charge in [-0.3, -0.25) is 14.5 Å². The minimum absolute atomic E-state index is 0.0390. The predicted octanol–water partition coefficient (Wildman–Crippen LogP) is 2.85. The van der Waals surface area contributed by atoms with Crippen LogP contribution in [-0.4, -0.2) is 73.4 Å². The van der Waals surface area contributed by atoms with Crippen LogP contribution in [0.25, 0.3) is 0 Å². The second kappa shape index (κ2) is 11.6. The van der Waals surface area contributed by atoms with Crippen LogP contribution in [0.1, 0.15) is 42.9 Å². The van der Waals surface area contributed by atoms with E-state index in [0.29, 0.717) is 43.4 Å². The van der Waals surface area contributed by atoms with Crippen LogP contribution < -0.4 is 19.9 Å². The maximum absolute atomic E-state index is 13.4. The molecule has 0 radical (unpaired) electrons. The summed E-state index contributed by atoms with van der Waals surface area (Å²) >= 11 is 0. The van der Waals surface area contributed by atoms with Gasteiger partial charge in [0.15, 0.2) is 11.5 Å². The average Bonchev–Trinajstić information content (AvgIpc) is 3.50. The lowest BCUT2D eigenvalue weighted by molar-refractivity contribution is -0.143. The van der Waals surface area contributed by atoms with Gasteiger partial charge < -0.3 is 30.0 Å². The van der Waals surface area contributed by atoms with Crippen LogP contribution in [0.4, 0.5) is 0 Å². The van der Waals surface area contributed by atoms with Gasteiger partial charge in [0.25, 0.3) is 0 Å². The number of carboxylic acid groups (broad SMARTS) is 1. The molecule has 2 aromatic carbocycles. The summed E-state index contributed by atoms with van der Waals surface area (Å²) in [6, 6.07) is 12.5. The largest absolute Gasteiger partial charge is 0.497 e. The van der Waals surface area contributed by atoms with E-state index >= 15 is 0 Å². The van der Waals surface area contributed by atoms with Crippen LogP contribution in [0, 0.1) is 5.92 Å². The number of fused-ring (bicyclic) bond motifs is 1. The minimum Gasteiger partial charge on any atom is -0.497 e. The fraction of sp³-hybridized carbons (Fsp3) is 0.481. The molecule has 4 rings (SSSR count). The third-order valence-corrected chi connectivity index (χ3v) is 7.04. The molecule has 9 nitrogen and oxygen atoms in total. The van der Waals surface area contributed by atoms with Crippen molar-refractivity contribution in [3.05, 3.63) is 53.6 Å². The van der Waals surface area contributed by atoms with Crippen LogP contribution in [-0.2, 0) is 9.59 Å². The van der Waals surface area contributed by atoms with Crippen molar-refractivity contribution in [3.8, 4) is 17.2 Å². The molecule has 0 bridgehead atoms. The monoisotopic (exact) mass is 497 g/mol. The average molecular weight is 498 g/mol. The van der Waals surface area contributed by atoms with Gasteiger partial charge in [-0.15, -0.1) is 0 Å². The molecular formula is C27H35N3O6. The van der Waals surface area contributed by atoms with E-state index in [1.807, 2.05) is 47.4 Å². The molecule has 2 heterocycles. The normalized spacial score (nSPS) is 20.9. The molecular weight excluding hydrogens is 462 g/mol. The van der Waals surface area contributed by atoms with Gasteiger partial charge in [-0.2, -0.15) is 0 Å². The van der Waals surface area contributed by atoms with E-state index in [4.69, 9.17) is 19.9 Å². The van der Waals surface area contributed by atoms with E-state index < -0.39 is 17.9 Å². The number of benzene rings is 2. The third-order valence-electron chi connectivity index (χ3n) is 7.04. The number of nitrogens with zero attached hydrogens (tertiary/aromatic N) is 2. The lowest BCUT2D eigenvalue weighted by atomic mass is 9.82. The quantitative estimate of drug-likeness (QED) is 0.487. The molecule has 0 spiro atoms. The topological polar surface area (TPSA) is 115 Å². The van der Waals surface area contributed by atoms with Gasteiger partial charge in [0, 0.05) is 38.1 Å². The van der Waals surface area contributed by atoms with E-state index in [9.17, 15) is 14.7 Å². The summed E-state index contributed by atoms with van der Waals surface area (Å²) in [5.41, 5.74) is 7.46. The van der Waals surface area contributed by atoms with Gasteiger partial charge in [0.1, 0.15) is 5.75 Å². The number of nitrogens with two attached hydrogens (primary N) is 1. The SMILES string of the molecule is CCCCN(CCN)C(=O)CN1CC(c2ccc3c(c2)OCO3)C(C(=O)O)C1c1ccc(OC)cc1. The van der Waals surface area contributed by atoms with E-state index in [0.717, 1.165) is 24.0 Å². The van der Waals surface area contributed by atoms with Crippen molar-refractivity contribution < 1.29 is 28.9 Å². The first kappa shape index (κ1) is 25.8. The molecule has 0 aliphatic carbocycles. The number of aliphatic carboxylic acids is 1. The van der Waals surface area contributed by atoms with Crippen LogP contribution in [0.15, 0.2) is 42.5 Å². The Morgan fingerprint density at radius 2 is 1.83 bits per heavy atom. The van der Waals surface area contributed by atoms with Crippen molar-refractivity contribution in [2.75, 3.05) is 46.6 Å². The van der Waals surface area contributed by atoms with Crippen molar-refractivity contribution in [1.29, 1.82) is 0 Å². The summed E-state index contributed by atoms with van der Waals surface area (Å²) < 4.78 is 16.3. The smallest absolute Gasteiger partial charge is 0.309 e. The lowest BCUT2D eigenvalue weighted by Crippen LogP contribution is -2.43. The number of hydrogen-bond donors (Lipinski definition) is 2. The Labute approximate surface area is 211 Å². The number of amides is 1. The molecule has 2 aromatic rings. The first-order valence-electron chi connectivity index (χ1n) is 12.4. The van der Waals surface area contributed by atoms with Crippen molar-refractivity contribution in [3.63, 3.8) is 0 Å². The highest BCUT2D eigenvalue weighted by atomic mass is 16.7. The molecule has 1 fully saturated rings. The molecule has 2 aliphatic rings. The Kier molecular flexibility index (Phi) is 8.32. The maximum Gasteiger partial charge on any atom is 0.309 e. The fourth-order valence-electron chi connectivity index (χ4n) is 5.21. The van der Waals surface area contributed by atoms with Gasteiger partial charge >= 0.3 is 5.97 Å². The van der Waals surface area contributed by atoms with E-state index in [2.05, 4.69) is 6.92 Å². The van der Waals surface area contributed by atoms with Gasteiger partial charge in [-0.25, -0.2) is 0 Å². The molecule has 3 N–H and O–H groups in total. The number of unbranched alkanes of at least 4 members (excludes halogenated alkanes) is 1. The number of likely N-dealkylation sites (tertiary alicyclic amines) is 1. The van der Waals surface area contributed by atoms with E-state index in [1.54, 1.807) is 12.0 Å². The minimum atomic E-state index is -0.904. The summed E-state index contributed by atoms with van der Waals surface area (Å²) in [5, 5.41) is 10.4. The molecule has 3 atom stereocenters. The number of methoxy groups -OCH3 is 1. The van der Waals surface area contributed by atoms with Crippen molar-refractivity contribution in [1.82, 2.24) is 9.80 Å². The summed E-state index contributed by atoms with van der Waals surface area (Å²) in [7, 11) is 1.59. The Bertz CT molecular complexity index is 1060.